The van der Waals surface area contributed by atoms with Crippen LogP contribution in [0, 0.1) is 0 Å². The molecule has 2 N–H and O–H groups in total. The minimum absolute atomic E-state index is 0.218. The molecule has 0 amide bonds. The van der Waals surface area contributed by atoms with Gasteiger partial charge in [-0.2, -0.15) is 0 Å². The summed E-state index contributed by atoms with van der Waals surface area (Å²) in [5, 5.41) is 3.36. The molecule has 1 unspecified atom stereocenters. The normalized spacial score (nSPS) is 19.6. The standard InChI is InChI=1S/C11H19N3S/c1-9(12)6-11-13-10(8-15-11)7-14-4-2-3-5-14/h8-9H,2-7,12H2,1H3. The monoisotopic (exact) mass is 225 g/mol. The largest absolute Gasteiger partial charge is 0.328 e. The molecule has 2 heterocycles. The highest BCUT2D eigenvalue weighted by Crippen LogP contribution is 2.16. The molecule has 0 aromatic carbocycles. The van der Waals surface area contributed by atoms with E-state index in [1.165, 1.54) is 36.6 Å². The first-order valence-electron chi connectivity index (χ1n) is 5.65. The van der Waals surface area contributed by atoms with E-state index in [0.717, 1.165) is 13.0 Å². The Kier molecular flexibility index (Phi) is 3.72. The molecule has 1 aliphatic rings. The van der Waals surface area contributed by atoms with E-state index in [2.05, 4.69) is 15.3 Å². The van der Waals surface area contributed by atoms with Crippen molar-refractivity contribution < 1.29 is 0 Å². The van der Waals surface area contributed by atoms with Crippen LogP contribution in [0.3, 0.4) is 0 Å². The molecule has 1 aromatic heterocycles. The highest BCUT2D eigenvalue weighted by Gasteiger charge is 2.13. The summed E-state index contributed by atoms with van der Waals surface area (Å²) in [5.41, 5.74) is 6.97. The summed E-state index contributed by atoms with van der Waals surface area (Å²) in [7, 11) is 0. The van der Waals surface area contributed by atoms with Gasteiger partial charge in [-0.3, -0.25) is 4.90 Å². The summed E-state index contributed by atoms with van der Waals surface area (Å²) in [6.07, 6.45) is 3.60. The molecule has 0 bridgehead atoms. The number of nitrogens with two attached hydrogens (primary N) is 1. The van der Waals surface area contributed by atoms with Gasteiger partial charge in [-0.05, 0) is 32.9 Å². The Balaban J connectivity index is 1.88. The van der Waals surface area contributed by atoms with Crippen LogP contribution >= 0.6 is 11.3 Å². The van der Waals surface area contributed by atoms with Crippen molar-refractivity contribution in [2.24, 2.45) is 5.73 Å². The maximum absolute atomic E-state index is 5.75. The number of likely N-dealkylation sites (tertiary alicyclic amines) is 1. The van der Waals surface area contributed by atoms with Crippen molar-refractivity contribution in [1.29, 1.82) is 0 Å². The highest BCUT2D eigenvalue weighted by atomic mass is 32.1. The molecule has 15 heavy (non-hydrogen) atoms. The van der Waals surface area contributed by atoms with Crippen LogP contribution < -0.4 is 5.73 Å². The summed E-state index contributed by atoms with van der Waals surface area (Å²) in [5.74, 6) is 0. The van der Waals surface area contributed by atoms with Crippen LogP contribution in [0.1, 0.15) is 30.5 Å². The number of hydrogen-bond donors (Lipinski definition) is 1. The Morgan fingerprint density at radius 1 is 1.53 bits per heavy atom. The van der Waals surface area contributed by atoms with Crippen LogP contribution in [0.15, 0.2) is 5.38 Å². The first-order chi connectivity index (χ1) is 7.24. The maximum Gasteiger partial charge on any atom is 0.0944 e. The van der Waals surface area contributed by atoms with Crippen LogP contribution in [-0.2, 0) is 13.0 Å². The predicted octanol–water partition coefficient (Wildman–Crippen LogP) is 1.63. The second kappa shape index (κ2) is 5.05. The number of thiazole rings is 1. The van der Waals surface area contributed by atoms with Crippen molar-refractivity contribution in [3.05, 3.63) is 16.1 Å². The predicted molar refractivity (Wildman–Crippen MR) is 64.0 cm³/mol. The lowest BCUT2D eigenvalue weighted by Crippen LogP contribution is -2.19. The van der Waals surface area contributed by atoms with E-state index in [1.54, 1.807) is 11.3 Å². The van der Waals surface area contributed by atoms with E-state index in [1.807, 2.05) is 6.92 Å². The van der Waals surface area contributed by atoms with Crippen LogP contribution in [-0.4, -0.2) is 29.0 Å². The molecule has 2 rings (SSSR count). The third-order valence-corrected chi connectivity index (χ3v) is 3.60. The summed E-state index contributed by atoms with van der Waals surface area (Å²) >= 11 is 1.74. The van der Waals surface area contributed by atoms with Crippen LogP contribution in [0.25, 0.3) is 0 Å². The fraction of sp³-hybridized carbons (Fsp3) is 0.727. The van der Waals surface area contributed by atoms with Gasteiger partial charge in [0.2, 0.25) is 0 Å². The Morgan fingerprint density at radius 2 is 2.27 bits per heavy atom. The van der Waals surface area contributed by atoms with E-state index in [4.69, 9.17) is 5.73 Å². The van der Waals surface area contributed by atoms with Gasteiger partial charge in [0.05, 0.1) is 10.7 Å². The van der Waals surface area contributed by atoms with Gasteiger partial charge in [-0.1, -0.05) is 0 Å². The molecule has 1 saturated heterocycles. The fourth-order valence-electron chi connectivity index (χ4n) is 1.96. The van der Waals surface area contributed by atoms with E-state index < -0.39 is 0 Å². The Morgan fingerprint density at radius 3 is 2.93 bits per heavy atom. The lowest BCUT2D eigenvalue weighted by Gasteiger charge is -2.11. The van der Waals surface area contributed by atoms with Crippen molar-refractivity contribution in [3.63, 3.8) is 0 Å². The van der Waals surface area contributed by atoms with Gasteiger partial charge in [0.25, 0.3) is 0 Å². The Hall–Kier alpha value is -0.450. The van der Waals surface area contributed by atoms with Crippen molar-refractivity contribution in [3.8, 4) is 0 Å². The lowest BCUT2D eigenvalue weighted by atomic mass is 10.3. The van der Waals surface area contributed by atoms with Gasteiger partial charge in [0, 0.05) is 24.4 Å². The highest BCUT2D eigenvalue weighted by molar-refractivity contribution is 7.09. The zero-order valence-corrected chi connectivity index (χ0v) is 10.1. The minimum atomic E-state index is 0.218. The van der Waals surface area contributed by atoms with Crippen molar-refractivity contribution in [2.75, 3.05) is 13.1 Å². The molecular weight excluding hydrogens is 206 g/mol. The zero-order valence-electron chi connectivity index (χ0n) is 9.28. The summed E-state index contributed by atoms with van der Waals surface area (Å²) in [6, 6.07) is 0.218. The second-order valence-electron chi connectivity index (χ2n) is 4.40. The molecule has 1 atom stereocenters. The molecule has 0 saturated carbocycles. The van der Waals surface area contributed by atoms with E-state index in [0.29, 0.717) is 0 Å². The molecule has 84 valence electrons. The molecule has 0 spiro atoms. The van der Waals surface area contributed by atoms with Crippen LogP contribution in [0.2, 0.25) is 0 Å². The van der Waals surface area contributed by atoms with Gasteiger partial charge in [-0.15, -0.1) is 11.3 Å². The molecule has 3 nitrogen and oxygen atoms in total. The molecule has 4 heteroatoms. The third kappa shape index (κ3) is 3.26. The van der Waals surface area contributed by atoms with Gasteiger partial charge in [0.15, 0.2) is 0 Å². The SMILES string of the molecule is CC(N)Cc1nc(CN2CCCC2)cs1. The lowest BCUT2D eigenvalue weighted by molar-refractivity contribution is 0.327. The summed E-state index contributed by atoms with van der Waals surface area (Å²) in [6.45, 7) is 5.53. The zero-order chi connectivity index (χ0) is 10.7. The smallest absolute Gasteiger partial charge is 0.0944 e. The summed E-state index contributed by atoms with van der Waals surface area (Å²) < 4.78 is 0. The molecular formula is C11H19N3S. The van der Waals surface area contributed by atoms with Gasteiger partial charge >= 0.3 is 0 Å². The topological polar surface area (TPSA) is 42.1 Å². The molecule has 1 fully saturated rings. The Bertz CT molecular complexity index is 303. The quantitative estimate of drug-likeness (QED) is 0.847. The molecule has 1 aliphatic heterocycles. The van der Waals surface area contributed by atoms with Crippen molar-refractivity contribution in [2.45, 2.75) is 38.8 Å². The average Bonchev–Trinajstić information content (AvgIpc) is 2.77. The molecule has 0 radical (unpaired) electrons. The Labute approximate surface area is 95.3 Å². The molecule has 1 aromatic rings. The average molecular weight is 225 g/mol. The number of hydrogen-bond acceptors (Lipinski definition) is 4. The first kappa shape index (κ1) is 11.0. The van der Waals surface area contributed by atoms with Gasteiger partial charge < -0.3 is 5.73 Å². The third-order valence-electron chi connectivity index (χ3n) is 2.68. The van der Waals surface area contributed by atoms with E-state index >= 15 is 0 Å². The minimum Gasteiger partial charge on any atom is -0.328 e. The van der Waals surface area contributed by atoms with Crippen molar-refractivity contribution >= 4 is 11.3 Å². The first-order valence-corrected chi connectivity index (χ1v) is 6.53. The number of nitrogens with zero attached hydrogens (tertiary/aromatic N) is 2. The van der Waals surface area contributed by atoms with Gasteiger partial charge in [0.1, 0.15) is 0 Å². The molecule has 0 aliphatic carbocycles. The number of rotatable bonds is 4. The fourth-order valence-corrected chi connectivity index (χ4v) is 2.89. The maximum atomic E-state index is 5.75. The van der Waals surface area contributed by atoms with Crippen molar-refractivity contribution in [1.82, 2.24) is 9.88 Å². The second-order valence-corrected chi connectivity index (χ2v) is 5.34. The van der Waals surface area contributed by atoms with Gasteiger partial charge in [-0.25, -0.2) is 4.98 Å². The van der Waals surface area contributed by atoms with Crippen LogP contribution in [0.4, 0.5) is 0 Å². The van der Waals surface area contributed by atoms with E-state index in [-0.39, 0.29) is 6.04 Å². The van der Waals surface area contributed by atoms with E-state index in [9.17, 15) is 0 Å². The van der Waals surface area contributed by atoms with Crippen LogP contribution in [0.5, 0.6) is 0 Å². The number of aromatic nitrogens is 1. The summed E-state index contributed by atoms with van der Waals surface area (Å²) in [4.78, 5) is 7.09.